The van der Waals surface area contributed by atoms with E-state index in [1.165, 1.54) is 32.2 Å². The number of ether oxygens (including phenoxy) is 3. The van der Waals surface area contributed by atoms with Crippen LogP contribution in [0.5, 0.6) is 17.2 Å². The molecule has 1 atom stereocenters. The lowest BCUT2D eigenvalue weighted by Crippen LogP contribution is -2.41. The summed E-state index contributed by atoms with van der Waals surface area (Å²) in [5, 5.41) is 10.7. The molecule has 1 heterocycles. The van der Waals surface area contributed by atoms with E-state index in [0.29, 0.717) is 5.56 Å². The molecule has 0 saturated heterocycles. The average Bonchev–Trinajstić information content (AvgIpc) is 2.81. The van der Waals surface area contributed by atoms with Crippen molar-refractivity contribution in [1.29, 1.82) is 0 Å². The Kier molecular flexibility index (Phi) is 7.86. The molecule has 0 aliphatic heterocycles. The Labute approximate surface area is 211 Å². The molecule has 0 radical (unpaired) electrons. The van der Waals surface area contributed by atoms with Crippen LogP contribution < -0.4 is 30.6 Å². The molecule has 1 unspecified atom stereocenters. The number of carboxylic acid groups (broad SMARTS) is 1. The zero-order valence-electron chi connectivity index (χ0n) is 19.4. The fourth-order valence-electron chi connectivity index (χ4n) is 3.22. The van der Waals surface area contributed by atoms with Crippen LogP contribution in [0.1, 0.15) is 18.2 Å². The van der Waals surface area contributed by atoms with Crippen LogP contribution in [0.15, 0.2) is 46.0 Å². The third-order valence-corrected chi connectivity index (χ3v) is 5.41. The van der Waals surface area contributed by atoms with Crippen molar-refractivity contribution >= 4 is 17.6 Å². The number of carbonyl (C=O) groups excluding carboxylic acids is 1. The van der Waals surface area contributed by atoms with Crippen molar-refractivity contribution in [3.8, 4) is 22.9 Å². The second-order valence-electron chi connectivity index (χ2n) is 7.63. The first-order chi connectivity index (χ1) is 17.2. The molecule has 0 spiro atoms. The van der Waals surface area contributed by atoms with Gasteiger partial charge in [0.15, 0.2) is 11.5 Å². The summed E-state index contributed by atoms with van der Waals surface area (Å²) >= 11 is 6.03. The first kappa shape index (κ1) is 27.6. The van der Waals surface area contributed by atoms with Crippen molar-refractivity contribution in [2.24, 2.45) is 7.05 Å². The average molecular weight is 546 g/mol. The first-order valence-electron chi connectivity index (χ1n) is 10.3. The minimum atomic E-state index is -4.98. The van der Waals surface area contributed by atoms with E-state index in [2.05, 4.69) is 0 Å². The second kappa shape index (κ2) is 10.5. The van der Waals surface area contributed by atoms with Crippen LogP contribution in [0.25, 0.3) is 5.69 Å². The standard InChI is InChI=1S/C23H19ClF4N2O7/c1-11(21(32)33)37-16-5-4-12(6-18(16)35-3)10-36-17-8-15(14(25)7-13(17)24)30-20(31)9-19(23(26,27)28)29(2)22(30)34/h4-9,11H,10H2,1-3H3,(H,32,33)/p-1. The molecule has 0 amide bonds. The number of rotatable bonds is 8. The minimum Gasteiger partial charge on any atom is -0.546 e. The van der Waals surface area contributed by atoms with Gasteiger partial charge in [-0.2, -0.15) is 13.2 Å². The van der Waals surface area contributed by atoms with Gasteiger partial charge in [0.25, 0.3) is 5.56 Å². The van der Waals surface area contributed by atoms with Crippen LogP contribution in [0, 0.1) is 5.82 Å². The molecule has 198 valence electrons. The van der Waals surface area contributed by atoms with Gasteiger partial charge in [0.2, 0.25) is 0 Å². The number of carbonyl (C=O) groups is 1. The molecule has 14 heteroatoms. The smallest absolute Gasteiger partial charge is 0.431 e. The summed E-state index contributed by atoms with van der Waals surface area (Å²) in [7, 11) is 2.11. The molecule has 1 aromatic heterocycles. The highest BCUT2D eigenvalue weighted by molar-refractivity contribution is 6.32. The molecular weight excluding hydrogens is 528 g/mol. The normalized spacial score (nSPS) is 12.2. The predicted octanol–water partition coefficient (Wildman–Crippen LogP) is 2.45. The maximum absolute atomic E-state index is 14.7. The van der Waals surface area contributed by atoms with E-state index >= 15 is 0 Å². The van der Waals surface area contributed by atoms with Gasteiger partial charge >= 0.3 is 11.9 Å². The quantitative estimate of drug-likeness (QED) is 0.400. The lowest BCUT2D eigenvalue weighted by molar-refractivity contribution is -0.312. The highest BCUT2D eigenvalue weighted by Gasteiger charge is 2.35. The molecule has 0 bridgehead atoms. The molecule has 9 nitrogen and oxygen atoms in total. The number of nitrogens with zero attached hydrogens (tertiary/aromatic N) is 2. The zero-order chi connectivity index (χ0) is 27.7. The van der Waals surface area contributed by atoms with Crippen molar-refractivity contribution < 1.29 is 41.7 Å². The summed E-state index contributed by atoms with van der Waals surface area (Å²) in [6.45, 7) is 1.08. The topological polar surface area (TPSA) is 112 Å². The fourth-order valence-corrected chi connectivity index (χ4v) is 3.42. The van der Waals surface area contributed by atoms with Gasteiger partial charge in [0, 0.05) is 19.2 Å². The highest BCUT2D eigenvalue weighted by atomic mass is 35.5. The molecular formula is C23H18ClF4N2O7-. The highest BCUT2D eigenvalue weighted by Crippen LogP contribution is 2.32. The van der Waals surface area contributed by atoms with Gasteiger partial charge in [-0.25, -0.2) is 13.8 Å². The van der Waals surface area contributed by atoms with Crippen molar-refractivity contribution in [2.45, 2.75) is 25.8 Å². The maximum atomic E-state index is 14.7. The maximum Gasteiger partial charge on any atom is 0.431 e. The molecule has 0 aliphatic rings. The Hall–Kier alpha value is -4.00. The van der Waals surface area contributed by atoms with E-state index in [-0.39, 0.29) is 44.1 Å². The Morgan fingerprint density at radius 1 is 1.11 bits per heavy atom. The molecule has 3 aromatic rings. The number of hydrogen-bond acceptors (Lipinski definition) is 7. The third-order valence-electron chi connectivity index (χ3n) is 5.11. The van der Waals surface area contributed by atoms with Gasteiger partial charge < -0.3 is 24.1 Å². The van der Waals surface area contributed by atoms with E-state index in [1.54, 1.807) is 0 Å². The van der Waals surface area contributed by atoms with Gasteiger partial charge in [0.1, 0.15) is 30.0 Å². The summed E-state index contributed by atoms with van der Waals surface area (Å²) in [6.07, 6.45) is -6.24. The number of benzene rings is 2. The van der Waals surface area contributed by atoms with Crippen LogP contribution in [-0.2, 0) is 24.6 Å². The Morgan fingerprint density at radius 3 is 2.38 bits per heavy atom. The second-order valence-corrected chi connectivity index (χ2v) is 8.04. The first-order valence-corrected chi connectivity index (χ1v) is 10.7. The van der Waals surface area contributed by atoms with E-state index in [0.717, 1.165) is 19.2 Å². The van der Waals surface area contributed by atoms with Crippen molar-refractivity contribution in [1.82, 2.24) is 9.13 Å². The number of hydrogen-bond donors (Lipinski definition) is 0. The van der Waals surface area contributed by atoms with E-state index in [4.69, 9.17) is 25.8 Å². The Balaban J connectivity index is 1.95. The summed E-state index contributed by atoms with van der Waals surface area (Å²) in [5.74, 6) is -2.49. The number of alkyl halides is 3. The predicted molar refractivity (Wildman–Crippen MR) is 120 cm³/mol. The van der Waals surface area contributed by atoms with Crippen LogP contribution >= 0.6 is 11.6 Å². The molecule has 3 rings (SSSR count). The van der Waals surface area contributed by atoms with Crippen molar-refractivity contribution in [3.05, 3.63) is 79.3 Å². The largest absolute Gasteiger partial charge is 0.546 e. The van der Waals surface area contributed by atoms with E-state index in [1.807, 2.05) is 0 Å². The van der Waals surface area contributed by atoms with Gasteiger partial charge in [-0.15, -0.1) is 0 Å². The van der Waals surface area contributed by atoms with Crippen LogP contribution in [0.3, 0.4) is 0 Å². The van der Waals surface area contributed by atoms with Gasteiger partial charge in [0.05, 0.1) is 23.8 Å². The molecule has 37 heavy (non-hydrogen) atoms. The van der Waals surface area contributed by atoms with Gasteiger partial charge in [-0.1, -0.05) is 17.7 Å². The van der Waals surface area contributed by atoms with Crippen molar-refractivity contribution in [3.63, 3.8) is 0 Å². The fraction of sp³-hybridized carbons (Fsp3) is 0.261. The van der Waals surface area contributed by atoms with Crippen molar-refractivity contribution in [2.75, 3.05) is 7.11 Å². The number of halogens is 5. The van der Waals surface area contributed by atoms with Crippen LogP contribution in [0.4, 0.5) is 17.6 Å². The summed E-state index contributed by atoms with van der Waals surface area (Å²) in [4.78, 5) is 35.8. The summed E-state index contributed by atoms with van der Waals surface area (Å²) in [5.41, 5.74) is -4.54. The molecule has 0 N–H and O–H groups in total. The lowest BCUT2D eigenvalue weighted by atomic mass is 10.2. The van der Waals surface area contributed by atoms with Crippen LogP contribution in [0.2, 0.25) is 5.02 Å². The zero-order valence-corrected chi connectivity index (χ0v) is 20.1. The van der Waals surface area contributed by atoms with Crippen LogP contribution in [-0.4, -0.2) is 28.3 Å². The van der Waals surface area contributed by atoms with E-state index < -0.39 is 46.7 Å². The molecule has 2 aromatic carbocycles. The number of methoxy groups -OCH3 is 1. The lowest BCUT2D eigenvalue weighted by Gasteiger charge is -2.18. The molecule has 0 fully saturated rings. The van der Waals surface area contributed by atoms with E-state index in [9.17, 15) is 37.1 Å². The minimum absolute atomic E-state index is 0.113. The van der Waals surface area contributed by atoms with Gasteiger partial charge in [-0.05, 0) is 30.7 Å². The molecule has 0 saturated carbocycles. The number of carboxylic acids is 1. The number of aromatic nitrogens is 2. The molecule has 0 aliphatic carbocycles. The summed E-state index contributed by atoms with van der Waals surface area (Å²) < 4.78 is 70.4. The number of aliphatic carboxylic acids is 1. The Bertz CT molecular complexity index is 1470. The Morgan fingerprint density at radius 2 is 1.78 bits per heavy atom. The SMILES string of the molecule is COc1cc(COc2cc(-n3c(=O)cc(C(F)(F)F)n(C)c3=O)c(F)cc2Cl)ccc1OC(C)C(=O)[O-]. The van der Waals surface area contributed by atoms with Gasteiger partial charge in [-0.3, -0.25) is 9.36 Å². The summed E-state index contributed by atoms with van der Waals surface area (Å²) in [6, 6.07) is 6.21. The monoisotopic (exact) mass is 545 g/mol. The third kappa shape index (κ3) is 5.88.